The molecule has 1 heteroatoms. The zero-order valence-corrected chi connectivity index (χ0v) is 6.60. The van der Waals surface area contributed by atoms with Crippen LogP contribution in [-0.2, 0) is 0 Å². The molecule has 0 bridgehead atoms. The fraction of sp³-hybridized carbons (Fsp3) is 0.889. The van der Waals surface area contributed by atoms with E-state index in [1.54, 1.807) is 0 Å². The second kappa shape index (κ2) is 2.23. The lowest BCUT2D eigenvalue weighted by molar-refractivity contribution is 0.326. The predicted octanol–water partition coefficient (Wildman–Crippen LogP) is 1.70. The Morgan fingerprint density at radius 1 is 1.30 bits per heavy atom. The van der Waals surface area contributed by atoms with Gasteiger partial charge in [0.15, 0.2) is 0 Å². The zero-order valence-electron chi connectivity index (χ0n) is 6.60. The standard InChI is InChI=1S/C9H16N/c1-2-6-10-7-5-9(8-10)3-4-9/h1-8H2. The van der Waals surface area contributed by atoms with Crippen LogP contribution in [0, 0.1) is 12.3 Å². The molecule has 1 saturated heterocycles. The van der Waals surface area contributed by atoms with Gasteiger partial charge in [-0.3, -0.25) is 0 Å². The van der Waals surface area contributed by atoms with Crippen LogP contribution in [0.3, 0.4) is 0 Å². The molecule has 2 rings (SSSR count). The average molecular weight is 138 g/mol. The van der Waals surface area contributed by atoms with Crippen molar-refractivity contribution >= 4 is 0 Å². The highest BCUT2D eigenvalue weighted by atomic mass is 15.2. The molecule has 57 valence electrons. The smallest absolute Gasteiger partial charge is 0.00385 e. The van der Waals surface area contributed by atoms with Crippen molar-refractivity contribution in [2.45, 2.75) is 25.7 Å². The maximum atomic E-state index is 3.88. The maximum absolute atomic E-state index is 3.88. The molecule has 1 spiro atoms. The summed E-state index contributed by atoms with van der Waals surface area (Å²) >= 11 is 0. The van der Waals surface area contributed by atoms with Gasteiger partial charge in [0.25, 0.3) is 0 Å². The van der Waals surface area contributed by atoms with Crippen LogP contribution in [-0.4, -0.2) is 24.5 Å². The first-order valence-corrected chi connectivity index (χ1v) is 4.36. The fourth-order valence-corrected chi connectivity index (χ4v) is 2.03. The fourth-order valence-electron chi connectivity index (χ4n) is 2.03. The van der Waals surface area contributed by atoms with Crippen molar-refractivity contribution in [1.29, 1.82) is 0 Å². The van der Waals surface area contributed by atoms with Crippen LogP contribution in [0.15, 0.2) is 0 Å². The minimum Gasteiger partial charge on any atom is -0.303 e. The number of hydrogen-bond donors (Lipinski definition) is 0. The highest BCUT2D eigenvalue weighted by Gasteiger charge is 2.47. The van der Waals surface area contributed by atoms with Crippen LogP contribution < -0.4 is 0 Å². The van der Waals surface area contributed by atoms with Crippen molar-refractivity contribution in [1.82, 2.24) is 4.90 Å². The molecule has 1 heterocycles. The third kappa shape index (κ3) is 1.07. The third-order valence-electron chi connectivity index (χ3n) is 2.95. The molecule has 2 aliphatic rings. The van der Waals surface area contributed by atoms with E-state index in [0.717, 1.165) is 11.8 Å². The summed E-state index contributed by atoms with van der Waals surface area (Å²) in [6.45, 7) is 7.82. The van der Waals surface area contributed by atoms with E-state index in [9.17, 15) is 0 Å². The highest BCUT2D eigenvalue weighted by molar-refractivity contribution is 5.00. The van der Waals surface area contributed by atoms with Crippen LogP contribution in [0.1, 0.15) is 25.7 Å². The molecule has 0 aromatic carbocycles. The molecule has 0 aromatic rings. The van der Waals surface area contributed by atoms with Crippen molar-refractivity contribution in [3.8, 4) is 0 Å². The van der Waals surface area contributed by atoms with Gasteiger partial charge in [0.1, 0.15) is 0 Å². The van der Waals surface area contributed by atoms with Crippen LogP contribution in [0.2, 0.25) is 0 Å². The quantitative estimate of drug-likeness (QED) is 0.561. The van der Waals surface area contributed by atoms with Gasteiger partial charge in [0.05, 0.1) is 0 Å². The highest BCUT2D eigenvalue weighted by Crippen LogP contribution is 2.52. The van der Waals surface area contributed by atoms with Crippen LogP contribution in [0.25, 0.3) is 0 Å². The van der Waals surface area contributed by atoms with E-state index in [4.69, 9.17) is 0 Å². The molecule has 0 amide bonds. The van der Waals surface area contributed by atoms with Gasteiger partial charge in [0.2, 0.25) is 0 Å². The van der Waals surface area contributed by atoms with Crippen molar-refractivity contribution in [3.63, 3.8) is 0 Å². The number of nitrogens with zero attached hydrogens (tertiary/aromatic N) is 1. The SMILES string of the molecule is [CH2]CCN1CCC2(CC2)C1. The van der Waals surface area contributed by atoms with Crippen LogP contribution in [0.5, 0.6) is 0 Å². The molecule has 1 nitrogen and oxygen atoms in total. The summed E-state index contributed by atoms with van der Waals surface area (Å²) in [5.74, 6) is 0. The first-order chi connectivity index (χ1) is 4.85. The normalized spacial score (nSPS) is 29.7. The largest absolute Gasteiger partial charge is 0.303 e. The molecule has 1 saturated carbocycles. The summed E-state index contributed by atoms with van der Waals surface area (Å²) in [5, 5.41) is 0. The molecular weight excluding hydrogens is 122 g/mol. The minimum atomic E-state index is 0.815. The Labute approximate surface area is 63.4 Å². The molecule has 2 fully saturated rings. The van der Waals surface area contributed by atoms with Gasteiger partial charge < -0.3 is 4.90 Å². The van der Waals surface area contributed by atoms with E-state index in [1.807, 2.05) is 0 Å². The Bertz CT molecular complexity index is 127. The first-order valence-electron chi connectivity index (χ1n) is 4.36. The summed E-state index contributed by atoms with van der Waals surface area (Å²) < 4.78 is 0. The predicted molar refractivity (Wildman–Crippen MR) is 42.7 cm³/mol. The summed E-state index contributed by atoms with van der Waals surface area (Å²) in [6.07, 6.45) is 5.55. The maximum Gasteiger partial charge on any atom is 0.00385 e. The van der Waals surface area contributed by atoms with Crippen LogP contribution in [0.4, 0.5) is 0 Å². The van der Waals surface area contributed by atoms with E-state index in [2.05, 4.69) is 11.8 Å². The third-order valence-corrected chi connectivity index (χ3v) is 2.95. The van der Waals surface area contributed by atoms with E-state index < -0.39 is 0 Å². The summed E-state index contributed by atoms with van der Waals surface area (Å²) in [7, 11) is 0. The van der Waals surface area contributed by atoms with Crippen molar-refractivity contribution in [3.05, 3.63) is 6.92 Å². The summed E-state index contributed by atoms with van der Waals surface area (Å²) in [5.41, 5.74) is 0.815. The molecule has 1 aliphatic heterocycles. The molecule has 0 N–H and O–H groups in total. The Hall–Kier alpha value is -0.0400. The Balaban J connectivity index is 1.82. The van der Waals surface area contributed by atoms with E-state index in [1.165, 1.54) is 38.9 Å². The van der Waals surface area contributed by atoms with Gasteiger partial charge in [-0.15, -0.1) is 0 Å². The molecule has 1 aliphatic carbocycles. The Kier molecular flexibility index (Phi) is 1.48. The number of likely N-dealkylation sites (tertiary alicyclic amines) is 1. The average Bonchev–Trinajstić information content (AvgIpc) is 2.52. The van der Waals surface area contributed by atoms with E-state index >= 15 is 0 Å². The summed E-state index contributed by atoms with van der Waals surface area (Å²) in [6, 6.07) is 0. The van der Waals surface area contributed by atoms with Crippen molar-refractivity contribution < 1.29 is 0 Å². The van der Waals surface area contributed by atoms with Gasteiger partial charge in [-0.2, -0.15) is 0 Å². The Morgan fingerprint density at radius 2 is 2.10 bits per heavy atom. The topological polar surface area (TPSA) is 3.24 Å². The van der Waals surface area contributed by atoms with E-state index in [-0.39, 0.29) is 0 Å². The first kappa shape index (κ1) is 6.66. The number of rotatable bonds is 2. The molecule has 0 atom stereocenters. The molecule has 10 heavy (non-hydrogen) atoms. The lowest BCUT2D eigenvalue weighted by atomic mass is 10.1. The van der Waals surface area contributed by atoms with Gasteiger partial charge >= 0.3 is 0 Å². The van der Waals surface area contributed by atoms with Gasteiger partial charge in [-0.25, -0.2) is 0 Å². The van der Waals surface area contributed by atoms with E-state index in [0.29, 0.717) is 0 Å². The van der Waals surface area contributed by atoms with Gasteiger partial charge in [-0.05, 0) is 44.2 Å². The summed E-state index contributed by atoms with van der Waals surface area (Å²) in [4.78, 5) is 2.57. The van der Waals surface area contributed by atoms with Gasteiger partial charge in [0, 0.05) is 6.54 Å². The number of hydrogen-bond acceptors (Lipinski definition) is 1. The molecule has 0 unspecified atom stereocenters. The van der Waals surface area contributed by atoms with Crippen molar-refractivity contribution in [2.75, 3.05) is 19.6 Å². The molecule has 1 radical (unpaired) electrons. The lowest BCUT2D eigenvalue weighted by Crippen LogP contribution is -2.21. The molecular formula is C9H16N. The lowest BCUT2D eigenvalue weighted by Gasteiger charge is -2.13. The second-order valence-electron chi connectivity index (χ2n) is 3.88. The zero-order chi connectivity index (χ0) is 7.03. The monoisotopic (exact) mass is 138 g/mol. The van der Waals surface area contributed by atoms with Crippen molar-refractivity contribution in [2.24, 2.45) is 5.41 Å². The van der Waals surface area contributed by atoms with Crippen LogP contribution >= 0.6 is 0 Å². The second-order valence-corrected chi connectivity index (χ2v) is 3.88. The van der Waals surface area contributed by atoms with Gasteiger partial charge in [-0.1, -0.05) is 6.92 Å². The Morgan fingerprint density at radius 3 is 2.60 bits per heavy atom. The molecule has 0 aromatic heterocycles. The minimum absolute atomic E-state index is 0.815.